The summed E-state index contributed by atoms with van der Waals surface area (Å²) in [6.45, 7) is 10.5. The van der Waals surface area contributed by atoms with Gasteiger partial charge in [-0.25, -0.2) is 0 Å². The van der Waals surface area contributed by atoms with Crippen molar-refractivity contribution in [2.24, 2.45) is 0 Å². The molecule has 0 saturated carbocycles. The van der Waals surface area contributed by atoms with Crippen molar-refractivity contribution < 1.29 is 14.0 Å². The van der Waals surface area contributed by atoms with Gasteiger partial charge in [0.1, 0.15) is 23.7 Å². The van der Waals surface area contributed by atoms with Crippen LogP contribution in [0.5, 0.6) is 11.5 Å². The second kappa shape index (κ2) is 7.79. The smallest absolute Gasteiger partial charge is 0.127 e. The van der Waals surface area contributed by atoms with Gasteiger partial charge < -0.3 is 14.0 Å². The Morgan fingerprint density at radius 2 is 1.68 bits per heavy atom. The van der Waals surface area contributed by atoms with Crippen LogP contribution in [0.15, 0.2) is 30.3 Å². The van der Waals surface area contributed by atoms with E-state index in [1.165, 1.54) is 27.8 Å². The van der Waals surface area contributed by atoms with E-state index in [2.05, 4.69) is 73.1 Å². The molecule has 0 aromatic heterocycles. The minimum absolute atomic E-state index is 0.0887. The fraction of sp³-hybridized carbons (Fsp3) is 0.520. The van der Waals surface area contributed by atoms with E-state index in [0.717, 1.165) is 41.8 Å². The van der Waals surface area contributed by atoms with E-state index < -0.39 is 0 Å². The van der Waals surface area contributed by atoms with Crippen LogP contribution in [-0.4, -0.2) is 37.8 Å². The Bertz CT molecular complexity index is 836. The van der Waals surface area contributed by atoms with Crippen molar-refractivity contribution in [3.8, 4) is 11.5 Å². The molecule has 0 N–H and O–H groups in total. The quantitative estimate of drug-likeness (QED) is 0.625. The standard InChI is InChI=1S/C25H36NO2/c1-18-19(2)24-22(13-14-25(4,28-24)15-16-26(5,6)7)20(3)23(18)27-17-21-11-9-8-10-12-21/h8-12H,13-17H2,1-7H3/q+1. The molecular weight excluding hydrogens is 346 g/mol. The first-order chi connectivity index (χ1) is 13.1. The third-order valence-corrected chi connectivity index (χ3v) is 6.10. The first-order valence-corrected chi connectivity index (χ1v) is 10.4. The van der Waals surface area contributed by atoms with Crippen LogP contribution in [0.1, 0.15) is 47.6 Å². The zero-order chi connectivity index (χ0) is 20.5. The summed E-state index contributed by atoms with van der Waals surface area (Å²) in [7, 11) is 6.74. The number of nitrogens with zero attached hydrogens (tertiary/aromatic N) is 1. The predicted octanol–water partition coefficient (Wildman–Crippen LogP) is 5.37. The Morgan fingerprint density at radius 1 is 1.00 bits per heavy atom. The van der Waals surface area contributed by atoms with Gasteiger partial charge in [0.2, 0.25) is 0 Å². The zero-order valence-corrected chi connectivity index (χ0v) is 18.7. The average Bonchev–Trinajstić information content (AvgIpc) is 2.65. The molecule has 2 aromatic carbocycles. The largest absolute Gasteiger partial charge is 0.488 e. The molecule has 0 fully saturated rings. The van der Waals surface area contributed by atoms with Crippen LogP contribution in [0.25, 0.3) is 0 Å². The molecule has 3 heteroatoms. The summed E-state index contributed by atoms with van der Waals surface area (Å²) in [5.41, 5.74) is 6.09. The van der Waals surface area contributed by atoms with Crippen LogP contribution in [0.2, 0.25) is 0 Å². The number of ether oxygens (including phenoxy) is 2. The Balaban J connectivity index is 1.85. The third-order valence-electron chi connectivity index (χ3n) is 6.10. The maximum atomic E-state index is 6.66. The van der Waals surface area contributed by atoms with E-state index in [1.807, 2.05) is 6.07 Å². The fourth-order valence-electron chi connectivity index (χ4n) is 3.98. The summed E-state index contributed by atoms with van der Waals surface area (Å²) in [5.74, 6) is 2.12. The van der Waals surface area contributed by atoms with Crippen molar-refractivity contribution in [1.29, 1.82) is 0 Å². The molecule has 28 heavy (non-hydrogen) atoms. The van der Waals surface area contributed by atoms with Gasteiger partial charge in [0.05, 0.1) is 27.7 Å². The number of benzene rings is 2. The van der Waals surface area contributed by atoms with Gasteiger partial charge in [0.15, 0.2) is 0 Å². The van der Waals surface area contributed by atoms with Crippen molar-refractivity contribution in [3.05, 3.63) is 58.1 Å². The molecule has 1 aliphatic rings. The van der Waals surface area contributed by atoms with E-state index >= 15 is 0 Å². The maximum absolute atomic E-state index is 6.66. The van der Waals surface area contributed by atoms with Crippen molar-refractivity contribution in [1.82, 2.24) is 0 Å². The van der Waals surface area contributed by atoms with Crippen LogP contribution in [0, 0.1) is 20.8 Å². The molecule has 0 amide bonds. The molecule has 1 heterocycles. The third kappa shape index (κ3) is 4.52. The van der Waals surface area contributed by atoms with Crippen LogP contribution >= 0.6 is 0 Å². The second-order valence-electron chi connectivity index (χ2n) is 9.60. The molecule has 0 spiro atoms. The van der Waals surface area contributed by atoms with Gasteiger partial charge in [-0.2, -0.15) is 0 Å². The molecule has 0 aliphatic carbocycles. The molecule has 1 aliphatic heterocycles. The van der Waals surface area contributed by atoms with Gasteiger partial charge in [-0.15, -0.1) is 0 Å². The maximum Gasteiger partial charge on any atom is 0.127 e. The molecule has 3 nitrogen and oxygen atoms in total. The Kier molecular flexibility index (Phi) is 5.77. The van der Waals surface area contributed by atoms with E-state index in [-0.39, 0.29) is 5.60 Å². The van der Waals surface area contributed by atoms with Gasteiger partial charge in [0, 0.05) is 12.0 Å². The lowest BCUT2D eigenvalue weighted by atomic mass is 9.85. The summed E-state index contributed by atoms with van der Waals surface area (Å²) in [6, 6.07) is 10.4. The summed E-state index contributed by atoms with van der Waals surface area (Å²) >= 11 is 0. The van der Waals surface area contributed by atoms with E-state index in [0.29, 0.717) is 6.61 Å². The highest BCUT2D eigenvalue weighted by Crippen LogP contribution is 2.44. The molecule has 152 valence electrons. The van der Waals surface area contributed by atoms with Crippen molar-refractivity contribution in [2.75, 3.05) is 27.7 Å². The van der Waals surface area contributed by atoms with Gasteiger partial charge in [-0.05, 0) is 62.8 Å². The van der Waals surface area contributed by atoms with Crippen molar-refractivity contribution in [3.63, 3.8) is 0 Å². The van der Waals surface area contributed by atoms with Gasteiger partial charge in [0.25, 0.3) is 0 Å². The lowest BCUT2D eigenvalue weighted by molar-refractivity contribution is -0.871. The first-order valence-electron chi connectivity index (χ1n) is 10.4. The first kappa shape index (κ1) is 20.7. The molecular formula is C25H36NO2+. The normalized spacial score (nSPS) is 19.1. The average molecular weight is 383 g/mol. The van der Waals surface area contributed by atoms with E-state index in [1.54, 1.807) is 0 Å². The number of quaternary nitrogens is 1. The summed E-state index contributed by atoms with van der Waals surface area (Å²) in [5, 5.41) is 0. The predicted molar refractivity (Wildman–Crippen MR) is 116 cm³/mol. The monoisotopic (exact) mass is 382 g/mol. The van der Waals surface area contributed by atoms with Gasteiger partial charge >= 0.3 is 0 Å². The fourth-order valence-corrected chi connectivity index (χ4v) is 3.98. The Morgan fingerprint density at radius 3 is 2.32 bits per heavy atom. The minimum Gasteiger partial charge on any atom is -0.488 e. The SMILES string of the molecule is Cc1c(C)c2c(c(C)c1OCc1ccccc1)CCC(C)(CC[N+](C)(C)C)O2. The van der Waals surface area contributed by atoms with Crippen LogP contribution in [0.3, 0.4) is 0 Å². The minimum atomic E-state index is -0.0887. The molecule has 2 aromatic rings. The molecule has 3 rings (SSSR count). The highest BCUT2D eigenvalue weighted by atomic mass is 16.5. The highest BCUT2D eigenvalue weighted by Gasteiger charge is 2.36. The summed E-state index contributed by atoms with van der Waals surface area (Å²) < 4.78 is 13.9. The number of rotatable bonds is 6. The van der Waals surface area contributed by atoms with Gasteiger partial charge in [-0.1, -0.05) is 30.3 Å². The molecule has 0 bridgehead atoms. The lowest BCUT2D eigenvalue weighted by Crippen LogP contribution is -2.44. The summed E-state index contributed by atoms with van der Waals surface area (Å²) in [4.78, 5) is 0. The second-order valence-corrected chi connectivity index (χ2v) is 9.60. The van der Waals surface area contributed by atoms with Crippen LogP contribution in [-0.2, 0) is 13.0 Å². The van der Waals surface area contributed by atoms with E-state index in [9.17, 15) is 0 Å². The van der Waals surface area contributed by atoms with Crippen molar-refractivity contribution >= 4 is 0 Å². The Labute approximate surface area is 170 Å². The summed E-state index contributed by atoms with van der Waals surface area (Å²) in [6.07, 6.45) is 3.18. The number of fused-ring (bicyclic) bond motifs is 1. The van der Waals surface area contributed by atoms with Crippen LogP contribution < -0.4 is 9.47 Å². The van der Waals surface area contributed by atoms with Crippen molar-refractivity contribution in [2.45, 2.75) is 59.2 Å². The number of hydrogen-bond donors (Lipinski definition) is 0. The van der Waals surface area contributed by atoms with Crippen LogP contribution in [0.4, 0.5) is 0 Å². The Hall–Kier alpha value is -2.00. The zero-order valence-electron chi connectivity index (χ0n) is 18.7. The molecule has 0 saturated heterocycles. The molecule has 1 atom stereocenters. The topological polar surface area (TPSA) is 18.5 Å². The molecule has 1 unspecified atom stereocenters. The van der Waals surface area contributed by atoms with Gasteiger partial charge in [-0.3, -0.25) is 0 Å². The number of hydrogen-bond acceptors (Lipinski definition) is 2. The lowest BCUT2D eigenvalue weighted by Gasteiger charge is -2.39. The molecule has 0 radical (unpaired) electrons. The van der Waals surface area contributed by atoms with E-state index in [4.69, 9.17) is 9.47 Å². The highest BCUT2D eigenvalue weighted by molar-refractivity contribution is 5.59.